The average molecular weight is 819 g/mol. The standard InChI is InChI=1S/2C23H17N3O3.Cr/c2*27-22-19(15-24-20-14-8-7-13-18(20)23(28)29)21(16-9-3-1-4-10-16)25-26(22)17-11-5-2-6-12-17;/h2*1-15,27H,(H,28,29);. The molecule has 290 valence electrons. The maximum atomic E-state index is 11.4. The van der Waals surface area contributed by atoms with E-state index in [9.17, 15) is 30.0 Å². The Morgan fingerprint density at radius 2 is 0.763 bits per heavy atom. The molecule has 0 unspecified atom stereocenters. The molecule has 0 aliphatic carbocycles. The predicted octanol–water partition coefficient (Wildman–Crippen LogP) is 9.38. The molecule has 8 aromatic rings. The number of aromatic hydroxyl groups is 2. The molecule has 2 heterocycles. The molecule has 4 N–H and O–H groups in total. The topological polar surface area (TPSA) is 175 Å². The summed E-state index contributed by atoms with van der Waals surface area (Å²) in [5.74, 6) is -2.28. The summed E-state index contributed by atoms with van der Waals surface area (Å²) in [7, 11) is 0. The number of carbonyl (C=O) groups is 2. The van der Waals surface area contributed by atoms with Crippen LogP contribution in [0.25, 0.3) is 33.9 Å². The number of carboxylic acids is 2. The van der Waals surface area contributed by atoms with E-state index in [2.05, 4.69) is 20.2 Å². The number of aromatic carboxylic acids is 2. The molecule has 0 saturated heterocycles. The predicted molar refractivity (Wildman–Crippen MR) is 223 cm³/mol. The van der Waals surface area contributed by atoms with Crippen LogP contribution in [0.5, 0.6) is 11.8 Å². The number of carboxylic acid groups (broad SMARTS) is 2. The van der Waals surface area contributed by atoms with Gasteiger partial charge in [0, 0.05) is 40.9 Å². The Kier molecular flexibility index (Phi) is 13.0. The molecule has 0 saturated carbocycles. The van der Waals surface area contributed by atoms with Gasteiger partial charge in [0.05, 0.1) is 45.0 Å². The molecule has 0 radical (unpaired) electrons. The smallest absolute Gasteiger partial charge is 0.337 e. The molecule has 0 spiro atoms. The summed E-state index contributed by atoms with van der Waals surface area (Å²) < 4.78 is 2.87. The molecule has 0 fully saturated rings. The molecule has 12 nitrogen and oxygen atoms in total. The monoisotopic (exact) mass is 818 g/mol. The van der Waals surface area contributed by atoms with Crippen molar-refractivity contribution in [1.29, 1.82) is 0 Å². The Labute approximate surface area is 349 Å². The van der Waals surface area contributed by atoms with Crippen molar-refractivity contribution in [2.45, 2.75) is 0 Å². The fraction of sp³-hybridized carbons (Fsp3) is 0. The molecular formula is C46H34CrN6O6. The first-order valence-electron chi connectivity index (χ1n) is 17.9. The molecular weight excluding hydrogens is 785 g/mol. The Balaban J connectivity index is 0.000000195. The van der Waals surface area contributed by atoms with E-state index in [1.165, 1.54) is 33.9 Å². The van der Waals surface area contributed by atoms with Gasteiger partial charge in [-0.15, -0.1) is 0 Å². The van der Waals surface area contributed by atoms with E-state index in [0.29, 0.717) is 45.3 Å². The minimum Gasteiger partial charge on any atom is -0.493 e. The van der Waals surface area contributed by atoms with Gasteiger partial charge < -0.3 is 20.4 Å². The van der Waals surface area contributed by atoms with Gasteiger partial charge >= 0.3 is 11.9 Å². The Morgan fingerprint density at radius 1 is 0.458 bits per heavy atom. The zero-order valence-electron chi connectivity index (χ0n) is 31.0. The summed E-state index contributed by atoms with van der Waals surface area (Å²) in [4.78, 5) is 31.5. The van der Waals surface area contributed by atoms with Gasteiger partial charge in [0.1, 0.15) is 11.4 Å². The Hall–Kier alpha value is -7.85. The fourth-order valence-corrected chi connectivity index (χ4v) is 6.00. The zero-order chi connectivity index (χ0) is 40.4. The van der Waals surface area contributed by atoms with E-state index < -0.39 is 11.9 Å². The van der Waals surface area contributed by atoms with Gasteiger partial charge in [0.15, 0.2) is 0 Å². The third kappa shape index (κ3) is 9.25. The molecule has 0 atom stereocenters. The van der Waals surface area contributed by atoms with Crippen LogP contribution in [0.2, 0.25) is 0 Å². The minimum absolute atomic E-state index is 0. The molecule has 59 heavy (non-hydrogen) atoms. The number of nitrogens with zero attached hydrogens (tertiary/aromatic N) is 6. The first-order chi connectivity index (χ1) is 28.3. The van der Waals surface area contributed by atoms with Crippen LogP contribution >= 0.6 is 0 Å². The number of benzene rings is 6. The van der Waals surface area contributed by atoms with Gasteiger partial charge in [-0.2, -0.15) is 10.2 Å². The van der Waals surface area contributed by atoms with Crippen LogP contribution in [0.3, 0.4) is 0 Å². The third-order valence-corrected chi connectivity index (χ3v) is 8.82. The second kappa shape index (κ2) is 18.9. The van der Waals surface area contributed by atoms with E-state index in [0.717, 1.165) is 11.1 Å². The maximum Gasteiger partial charge on any atom is 0.337 e. The van der Waals surface area contributed by atoms with Gasteiger partial charge in [-0.05, 0) is 48.5 Å². The largest absolute Gasteiger partial charge is 0.493 e. The van der Waals surface area contributed by atoms with Crippen molar-refractivity contribution in [3.05, 3.63) is 192 Å². The average Bonchev–Trinajstić information content (AvgIpc) is 3.78. The first kappa shape index (κ1) is 40.8. The first-order valence-corrected chi connectivity index (χ1v) is 17.9. The summed E-state index contributed by atoms with van der Waals surface area (Å²) in [6.07, 6.45) is 2.90. The molecule has 6 aromatic carbocycles. The van der Waals surface area contributed by atoms with Crippen molar-refractivity contribution in [3.63, 3.8) is 0 Å². The number of hydrogen-bond donors (Lipinski definition) is 4. The van der Waals surface area contributed by atoms with Crippen LogP contribution in [-0.2, 0) is 17.4 Å². The third-order valence-electron chi connectivity index (χ3n) is 8.82. The van der Waals surface area contributed by atoms with Crippen molar-refractivity contribution < 1.29 is 47.4 Å². The van der Waals surface area contributed by atoms with Gasteiger partial charge in [-0.1, -0.05) is 121 Å². The Bertz CT molecular complexity index is 2560. The second-order valence-electron chi connectivity index (χ2n) is 12.6. The van der Waals surface area contributed by atoms with Crippen molar-refractivity contribution in [2.24, 2.45) is 9.98 Å². The normalized spacial score (nSPS) is 10.8. The Morgan fingerprint density at radius 3 is 1.10 bits per heavy atom. The van der Waals surface area contributed by atoms with Crippen LogP contribution in [0.15, 0.2) is 180 Å². The fourth-order valence-electron chi connectivity index (χ4n) is 6.00. The number of aliphatic imine (C=N–C) groups is 2. The molecule has 2 aromatic heterocycles. The van der Waals surface area contributed by atoms with E-state index >= 15 is 0 Å². The summed E-state index contributed by atoms with van der Waals surface area (Å²) in [6, 6.07) is 50.3. The second-order valence-corrected chi connectivity index (χ2v) is 12.6. The zero-order valence-corrected chi connectivity index (χ0v) is 32.3. The van der Waals surface area contributed by atoms with E-state index in [4.69, 9.17) is 0 Å². The van der Waals surface area contributed by atoms with Gasteiger partial charge in [-0.3, -0.25) is 9.98 Å². The van der Waals surface area contributed by atoms with Crippen molar-refractivity contribution in [3.8, 4) is 45.6 Å². The molecule has 8 rings (SSSR count). The van der Waals surface area contributed by atoms with E-state index in [1.54, 1.807) is 36.4 Å². The molecule has 0 bridgehead atoms. The van der Waals surface area contributed by atoms with Crippen molar-refractivity contribution in [2.75, 3.05) is 0 Å². The molecule has 0 aliphatic rings. The van der Waals surface area contributed by atoms with Crippen LogP contribution in [0.1, 0.15) is 31.8 Å². The van der Waals surface area contributed by atoms with Crippen LogP contribution in [-0.4, -0.2) is 64.4 Å². The summed E-state index contributed by atoms with van der Waals surface area (Å²) >= 11 is 0. The number of hydrogen-bond acceptors (Lipinski definition) is 8. The number of aromatic nitrogens is 4. The molecule has 0 amide bonds. The minimum atomic E-state index is -1.06. The summed E-state index contributed by atoms with van der Waals surface area (Å²) in [5, 5.41) is 49.6. The quantitative estimate of drug-likeness (QED) is 0.0988. The number of para-hydroxylation sites is 4. The van der Waals surface area contributed by atoms with Gasteiger partial charge in [0.2, 0.25) is 11.8 Å². The van der Waals surface area contributed by atoms with Gasteiger partial charge in [-0.25, -0.2) is 19.0 Å². The van der Waals surface area contributed by atoms with Crippen molar-refractivity contribution >= 4 is 35.7 Å². The van der Waals surface area contributed by atoms with Crippen molar-refractivity contribution in [1.82, 2.24) is 19.6 Å². The maximum absolute atomic E-state index is 11.4. The molecule has 0 aliphatic heterocycles. The summed E-state index contributed by atoms with van der Waals surface area (Å²) in [5.41, 5.74) is 5.68. The van der Waals surface area contributed by atoms with E-state index in [1.807, 2.05) is 121 Å². The SMILES string of the molecule is O=C(O)c1ccccc1N=Cc1c(-c2ccccc2)nn(-c2ccccc2)c1O.O=C(O)c1ccccc1N=Cc1c(-c2ccccc2)nn(-c2ccccc2)c1O.[Cr]. The van der Waals surface area contributed by atoms with Crippen LogP contribution in [0, 0.1) is 0 Å². The van der Waals surface area contributed by atoms with E-state index in [-0.39, 0.29) is 40.2 Å². The summed E-state index contributed by atoms with van der Waals surface area (Å²) in [6.45, 7) is 0. The van der Waals surface area contributed by atoms with Crippen LogP contribution < -0.4 is 0 Å². The molecule has 13 heteroatoms. The van der Waals surface area contributed by atoms with Crippen LogP contribution in [0.4, 0.5) is 11.4 Å². The number of rotatable bonds is 10. The van der Waals surface area contributed by atoms with Gasteiger partial charge in [0.25, 0.3) is 0 Å².